The number of hydrogen-bond acceptors (Lipinski definition) is 4. The van der Waals surface area contributed by atoms with Crippen LogP contribution in [0.25, 0.3) is 0 Å². The molecule has 2 heterocycles. The van der Waals surface area contributed by atoms with E-state index in [0.29, 0.717) is 19.0 Å². The van der Waals surface area contributed by atoms with Crippen LogP contribution in [0, 0.1) is 5.92 Å². The van der Waals surface area contributed by atoms with E-state index in [-0.39, 0.29) is 29.7 Å². The van der Waals surface area contributed by atoms with Gasteiger partial charge < -0.3 is 15.1 Å². The first kappa shape index (κ1) is 20.0. The second kappa shape index (κ2) is 7.65. The fourth-order valence-electron chi connectivity index (χ4n) is 3.09. The van der Waals surface area contributed by atoms with Crippen molar-refractivity contribution in [3.8, 4) is 0 Å². The second-order valence-corrected chi connectivity index (χ2v) is 9.59. The van der Waals surface area contributed by atoms with Crippen molar-refractivity contribution in [2.75, 3.05) is 52.6 Å². The van der Waals surface area contributed by atoms with Crippen molar-refractivity contribution < 1.29 is 8.42 Å². The number of nitrogens with zero attached hydrogens (tertiary/aromatic N) is 3. The summed E-state index contributed by atoms with van der Waals surface area (Å²) in [5.41, 5.74) is 0. The molecule has 0 radical (unpaired) electrons. The summed E-state index contributed by atoms with van der Waals surface area (Å²) >= 11 is 0. The zero-order valence-corrected chi connectivity index (χ0v) is 17.1. The van der Waals surface area contributed by atoms with Crippen LogP contribution in [0.15, 0.2) is 4.99 Å². The molecule has 0 aromatic carbocycles. The Bertz CT molecular complexity index is 507. The molecule has 2 fully saturated rings. The maximum atomic E-state index is 12.1. The lowest BCUT2D eigenvalue weighted by Gasteiger charge is -2.39. The van der Waals surface area contributed by atoms with Gasteiger partial charge in [-0.1, -0.05) is 0 Å². The maximum Gasteiger partial charge on any atom is 0.193 e. The van der Waals surface area contributed by atoms with Crippen LogP contribution >= 0.6 is 24.0 Å². The van der Waals surface area contributed by atoms with E-state index in [1.807, 2.05) is 0 Å². The molecule has 1 unspecified atom stereocenters. The van der Waals surface area contributed by atoms with Crippen LogP contribution in [0.3, 0.4) is 0 Å². The van der Waals surface area contributed by atoms with Crippen LogP contribution in [-0.2, 0) is 9.84 Å². The van der Waals surface area contributed by atoms with Crippen LogP contribution in [0.1, 0.15) is 20.3 Å². The third-order valence-electron chi connectivity index (χ3n) is 4.59. The quantitative estimate of drug-likeness (QED) is 0.385. The molecule has 0 bridgehead atoms. The number of rotatable bonds is 2. The molecule has 8 heteroatoms. The molecule has 0 aliphatic carbocycles. The van der Waals surface area contributed by atoms with Gasteiger partial charge in [-0.3, -0.25) is 4.99 Å². The molecule has 0 spiro atoms. The van der Waals surface area contributed by atoms with Crippen LogP contribution in [0.2, 0.25) is 0 Å². The molecule has 0 amide bonds. The van der Waals surface area contributed by atoms with Crippen molar-refractivity contribution in [3.05, 3.63) is 0 Å². The molecule has 2 rings (SSSR count). The lowest BCUT2D eigenvalue weighted by molar-refractivity contribution is 0.348. The van der Waals surface area contributed by atoms with Crippen molar-refractivity contribution in [2.24, 2.45) is 10.9 Å². The number of likely N-dealkylation sites (tertiary alicyclic amines) is 1. The number of sulfone groups is 1. The summed E-state index contributed by atoms with van der Waals surface area (Å²) < 4.78 is 23.4. The number of aliphatic imine (C=N–C) groups is 1. The highest BCUT2D eigenvalue weighted by atomic mass is 127. The van der Waals surface area contributed by atoms with Crippen LogP contribution < -0.4 is 5.32 Å². The summed E-state index contributed by atoms with van der Waals surface area (Å²) in [5, 5.41) is 3.42. The number of nitrogens with one attached hydrogen (secondary N) is 1. The first-order chi connectivity index (χ1) is 9.75. The Morgan fingerprint density at radius 2 is 2.05 bits per heavy atom. The molecular formula is C14H29IN4O2S. The van der Waals surface area contributed by atoms with Gasteiger partial charge in [0.25, 0.3) is 0 Å². The largest absolute Gasteiger partial charge is 0.356 e. The van der Waals surface area contributed by atoms with Gasteiger partial charge >= 0.3 is 0 Å². The molecule has 1 N–H and O–H groups in total. The topological polar surface area (TPSA) is 65.0 Å². The summed E-state index contributed by atoms with van der Waals surface area (Å²) in [5.74, 6) is 1.67. The molecule has 2 aliphatic heterocycles. The van der Waals surface area contributed by atoms with Gasteiger partial charge in [0.2, 0.25) is 0 Å². The Balaban J connectivity index is 0.00000242. The summed E-state index contributed by atoms with van der Waals surface area (Å²) in [6.07, 6.45) is 1.21. The third-order valence-corrected chi connectivity index (χ3v) is 7.13. The predicted octanol–water partition coefficient (Wildman–Crippen LogP) is 0.640. The number of halogens is 1. The molecule has 22 heavy (non-hydrogen) atoms. The fraction of sp³-hybridized carbons (Fsp3) is 0.929. The van der Waals surface area contributed by atoms with E-state index in [2.05, 4.69) is 27.2 Å². The monoisotopic (exact) mass is 444 g/mol. The zero-order chi connectivity index (χ0) is 15.7. The van der Waals surface area contributed by atoms with E-state index < -0.39 is 14.6 Å². The Hall–Kier alpha value is -0.0900. The first-order valence-electron chi connectivity index (χ1n) is 7.61. The van der Waals surface area contributed by atoms with Gasteiger partial charge in [-0.15, -0.1) is 24.0 Å². The number of guanidine groups is 1. The van der Waals surface area contributed by atoms with Gasteiger partial charge in [0, 0.05) is 33.2 Å². The van der Waals surface area contributed by atoms with Crippen molar-refractivity contribution in [1.82, 2.24) is 15.1 Å². The lowest BCUT2D eigenvalue weighted by atomic mass is 10.1. The summed E-state index contributed by atoms with van der Waals surface area (Å²) in [6.45, 7) is 7.79. The summed E-state index contributed by atoms with van der Waals surface area (Å²) in [7, 11) is 0.904. The van der Waals surface area contributed by atoms with Gasteiger partial charge in [0.15, 0.2) is 15.8 Å². The molecule has 2 saturated heterocycles. The minimum Gasteiger partial charge on any atom is -0.356 e. The molecule has 130 valence electrons. The molecule has 1 atom stereocenters. The molecule has 2 aliphatic rings. The van der Waals surface area contributed by atoms with E-state index in [0.717, 1.165) is 25.6 Å². The highest BCUT2D eigenvalue weighted by molar-refractivity contribution is 14.0. The van der Waals surface area contributed by atoms with Gasteiger partial charge in [-0.2, -0.15) is 0 Å². The Kier molecular flexibility index (Phi) is 6.94. The van der Waals surface area contributed by atoms with Crippen LogP contribution in [0.5, 0.6) is 0 Å². The second-order valence-electron chi connectivity index (χ2n) is 6.85. The summed E-state index contributed by atoms with van der Waals surface area (Å²) in [4.78, 5) is 8.74. The predicted molar refractivity (Wildman–Crippen MR) is 102 cm³/mol. The van der Waals surface area contributed by atoms with Gasteiger partial charge in [0.05, 0.1) is 10.5 Å². The maximum absolute atomic E-state index is 12.1. The Morgan fingerprint density at radius 1 is 1.36 bits per heavy atom. The highest BCUT2D eigenvalue weighted by Gasteiger charge is 2.41. The van der Waals surface area contributed by atoms with E-state index in [4.69, 9.17) is 0 Å². The van der Waals surface area contributed by atoms with Crippen LogP contribution in [0.4, 0.5) is 0 Å². The fourth-order valence-corrected chi connectivity index (χ4v) is 4.45. The summed E-state index contributed by atoms with van der Waals surface area (Å²) in [6, 6.07) is 0. The minimum absolute atomic E-state index is 0. The zero-order valence-electron chi connectivity index (χ0n) is 14.0. The minimum atomic E-state index is -3.00. The van der Waals surface area contributed by atoms with E-state index in [1.165, 1.54) is 6.42 Å². The van der Waals surface area contributed by atoms with Gasteiger partial charge in [0.1, 0.15) is 0 Å². The molecule has 0 saturated carbocycles. The van der Waals surface area contributed by atoms with Crippen molar-refractivity contribution in [3.63, 3.8) is 0 Å². The van der Waals surface area contributed by atoms with Gasteiger partial charge in [-0.25, -0.2) is 8.42 Å². The van der Waals surface area contributed by atoms with Crippen molar-refractivity contribution in [2.45, 2.75) is 25.0 Å². The first-order valence-corrected chi connectivity index (χ1v) is 9.27. The van der Waals surface area contributed by atoms with E-state index in [1.54, 1.807) is 20.9 Å². The molecular weight excluding hydrogens is 415 g/mol. The Labute approximate surface area is 151 Å². The third kappa shape index (κ3) is 4.47. The van der Waals surface area contributed by atoms with E-state index >= 15 is 0 Å². The average Bonchev–Trinajstić information content (AvgIpc) is 2.80. The number of hydrogen-bond donors (Lipinski definition) is 1. The average molecular weight is 444 g/mol. The van der Waals surface area contributed by atoms with Gasteiger partial charge in [-0.05, 0) is 39.8 Å². The molecule has 6 nitrogen and oxygen atoms in total. The normalized spacial score (nSPS) is 28.3. The lowest BCUT2D eigenvalue weighted by Crippen LogP contribution is -2.57. The van der Waals surface area contributed by atoms with Crippen molar-refractivity contribution >= 4 is 39.8 Å². The molecule has 0 aromatic heterocycles. The van der Waals surface area contributed by atoms with E-state index in [9.17, 15) is 8.42 Å². The highest BCUT2D eigenvalue weighted by Crippen LogP contribution is 2.23. The SMILES string of the molecule is CN=C(NCC1CCN(C)C1)N1CCS(=O)(=O)C(C)(C)C1.I. The van der Waals surface area contributed by atoms with Crippen LogP contribution in [-0.4, -0.2) is 81.5 Å². The standard InChI is InChI=1S/C14H28N4O2S.HI/c1-14(2)11-18(7-8-21(14,19)20)13(15-3)16-9-12-5-6-17(4)10-12;/h12H,5-11H2,1-4H3,(H,15,16);1H. The Morgan fingerprint density at radius 3 is 2.55 bits per heavy atom. The smallest absolute Gasteiger partial charge is 0.193 e. The van der Waals surface area contributed by atoms with Crippen molar-refractivity contribution in [1.29, 1.82) is 0 Å². The molecule has 0 aromatic rings.